The van der Waals surface area contributed by atoms with Crippen LogP contribution in [0, 0.1) is 0 Å². The number of hydrogen-bond acceptors (Lipinski definition) is 15. The SMILES string of the molecule is CCCCCCCCCCCCCCCC(=O)O[C@@H](CO)[C@H]1OC(=O)C(=O)C1OP(=O)(O)O[C@@H](CO)[C@H]1OC(=O)C(=O)C1OP(=O)(O)O. The van der Waals surface area contributed by atoms with Crippen LogP contribution in [0.1, 0.15) is 96.8 Å². The number of carbonyl (C=O) groups is 5. The van der Waals surface area contributed by atoms with Crippen LogP contribution in [0.15, 0.2) is 0 Å². The van der Waals surface area contributed by atoms with E-state index in [0.717, 1.165) is 32.1 Å². The number of cyclic esters (lactones) is 2. The Kier molecular flexibility index (Phi) is 18.0. The summed E-state index contributed by atoms with van der Waals surface area (Å²) in [6.07, 6.45) is 1.48. The molecule has 48 heavy (non-hydrogen) atoms. The van der Waals surface area contributed by atoms with Crippen molar-refractivity contribution in [3.8, 4) is 0 Å². The average molecular weight is 733 g/mol. The van der Waals surface area contributed by atoms with E-state index in [1.165, 1.54) is 44.9 Å². The van der Waals surface area contributed by atoms with Gasteiger partial charge in [0.1, 0.15) is 6.10 Å². The molecule has 0 spiro atoms. The fourth-order valence-electron chi connectivity index (χ4n) is 5.18. The number of aliphatic hydroxyl groups excluding tert-OH is 2. The maximum atomic E-state index is 12.8. The second-order valence-corrected chi connectivity index (χ2v) is 14.1. The molecule has 0 aromatic carbocycles. The lowest BCUT2D eigenvalue weighted by atomic mass is 10.0. The minimum Gasteiger partial charge on any atom is -0.456 e. The number of rotatable bonds is 25. The number of esters is 3. The molecular weight excluding hydrogens is 686 g/mol. The van der Waals surface area contributed by atoms with E-state index < -0.39 is 95.0 Å². The van der Waals surface area contributed by atoms with E-state index in [9.17, 15) is 48.2 Å². The Bertz CT molecular complexity index is 1190. The van der Waals surface area contributed by atoms with Crippen LogP contribution < -0.4 is 0 Å². The Morgan fingerprint density at radius 1 is 0.688 bits per heavy atom. The quantitative estimate of drug-likeness (QED) is 0.0294. The van der Waals surface area contributed by atoms with Gasteiger partial charge in [-0.15, -0.1) is 0 Å². The Morgan fingerprint density at radius 3 is 1.54 bits per heavy atom. The Morgan fingerprint density at radius 2 is 1.10 bits per heavy atom. The van der Waals surface area contributed by atoms with Gasteiger partial charge in [-0.1, -0.05) is 84.0 Å². The maximum absolute atomic E-state index is 12.8. The van der Waals surface area contributed by atoms with E-state index in [-0.39, 0.29) is 6.42 Å². The van der Waals surface area contributed by atoms with Gasteiger partial charge in [0, 0.05) is 6.42 Å². The molecule has 3 unspecified atom stereocenters. The van der Waals surface area contributed by atoms with Gasteiger partial charge in [0.15, 0.2) is 30.5 Å². The molecule has 20 heteroatoms. The lowest BCUT2D eigenvalue weighted by Gasteiger charge is -2.28. The van der Waals surface area contributed by atoms with Crippen LogP contribution in [0.25, 0.3) is 0 Å². The molecule has 2 aliphatic rings. The van der Waals surface area contributed by atoms with Crippen LogP contribution in [0.3, 0.4) is 0 Å². The predicted molar refractivity (Wildman–Crippen MR) is 161 cm³/mol. The van der Waals surface area contributed by atoms with E-state index in [1.54, 1.807) is 0 Å². The van der Waals surface area contributed by atoms with Gasteiger partial charge in [-0.2, -0.15) is 0 Å². The van der Waals surface area contributed by atoms with E-state index in [0.29, 0.717) is 6.42 Å². The second kappa shape index (κ2) is 20.5. The summed E-state index contributed by atoms with van der Waals surface area (Å²) in [5, 5.41) is 19.5. The van der Waals surface area contributed by atoms with Crippen LogP contribution in [-0.2, 0) is 60.9 Å². The van der Waals surface area contributed by atoms with Crippen LogP contribution in [-0.4, -0.2) is 104 Å². The van der Waals surface area contributed by atoms with Gasteiger partial charge in [-0.25, -0.2) is 18.7 Å². The van der Waals surface area contributed by atoms with Gasteiger partial charge >= 0.3 is 33.6 Å². The first-order valence-corrected chi connectivity index (χ1v) is 19.0. The molecule has 0 aliphatic carbocycles. The van der Waals surface area contributed by atoms with Crippen molar-refractivity contribution in [3.05, 3.63) is 0 Å². The highest BCUT2D eigenvalue weighted by molar-refractivity contribution is 7.47. The van der Waals surface area contributed by atoms with E-state index in [2.05, 4.69) is 16.2 Å². The fraction of sp³-hybridized carbons (Fsp3) is 0.821. The Balaban J connectivity index is 1.88. The molecule has 276 valence electrons. The molecule has 2 heterocycles. The highest BCUT2D eigenvalue weighted by atomic mass is 31.2. The first-order valence-electron chi connectivity index (χ1n) is 16.0. The van der Waals surface area contributed by atoms with Crippen molar-refractivity contribution in [1.82, 2.24) is 0 Å². The molecule has 0 saturated carbocycles. The third-order valence-electron chi connectivity index (χ3n) is 7.63. The van der Waals surface area contributed by atoms with Crippen molar-refractivity contribution in [3.63, 3.8) is 0 Å². The van der Waals surface area contributed by atoms with Gasteiger partial charge < -0.3 is 39.1 Å². The number of carbonyl (C=O) groups excluding carboxylic acids is 5. The van der Waals surface area contributed by atoms with Crippen molar-refractivity contribution in [2.24, 2.45) is 0 Å². The van der Waals surface area contributed by atoms with Crippen molar-refractivity contribution in [2.45, 2.75) is 133 Å². The molecule has 0 bridgehead atoms. The molecule has 2 fully saturated rings. The van der Waals surface area contributed by atoms with Gasteiger partial charge in [-0.3, -0.25) is 28.0 Å². The Labute approximate surface area is 277 Å². The summed E-state index contributed by atoms with van der Waals surface area (Å²) in [7, 11) is -11.0. The zero-order chi connectivity index (χ0) is 35.9. The minimum absolute atomic E-state index is 0.0646. The summed E-state index contributed by atoms with van der Waals surface area (Å²) in [6.45, 7) is -0.115. The summed E-state index contributed by atoms with van der Waals surface area (Å²) in [4.78, 5) is 88.9. The van der Waals surface area contributed by atoms with Crippen LogP contribution in [0.2, 0.25) is 0 Å². The number of aliphatic hydroxyl groups is 2. The molecule has 0 amide bonds. The van der Waals surface area contributed by atoms with E-state index >= 15 is 0 Å². The molecule has 0 radical (unpaired) electrons. The number of Topliss-reactive ketones (excluding diaryl/α,β-unsaturated/α-hetero) is 2. The summed E-state index contributed by atoms with van der Waals surface area (Å²) in [5.74, 6) is -7.14. The van der Waals surface area contributed by atoms with Crippen molar-refractivity contribution >= 4 is 45.1 Å². The standard InChI is InChI=1S/C28H46O18P2/c1-2-3-4-5-6-7-8-9-10-11-12-13-14-15-20(31)41-18(16-29)23-26(22(33)28(35)42-23)46-48(39,40)44-19(17-30)24-25(45-47(36,37)38)21(32)27(34)43-24/h18-19,23-26,29-30H,2-17H2,1H3,(H,39,40)(H2,36,37,38)/t18-,19-,23+,24+,25?,26?/m0/s1. The fourth-order valence-corrected chi connectivity index (χ4v) is 6.78. The van der Waals surface area contributed by atoms with Gasteiger partial charge in [0.05, 0.1) is 13.2 Å². The normalized spacial score (nSPS) is 23.9. The summed E-state index contributed by atoms with van der Waals surface area (Å²) in [6, 6.07) is 0. The van der Waals surface area contributed by atoms with E-state index in [4.69, 9.17) is 28.3 Å². The molecule has 2 aliphatic heterocycles. The number of phosphoric ester groups is 2. The lowest BCUT2D eigenvalue weighted by Crippen LogP contribution is -2.44. The summed E-state index contributed by atoms with van der Waals surface area (Å²) in [5.41, 5.74) is 0. The topological polar surface area (TPSA) is 276 Å². The number of ketones is 2. The lowest BCUT2D eigenvalue weighted by molar-refractivity contribution is -0.168. The van der Waals surface area contributed by atoms with Gasteiger partial charge in [0.2, 0.25) is 0 Å². The second-order valence-electron chi connectivity index (χ2n) is 11.5. The molecule has 2 rings (SSSR count). The van der Waals surface area contributed by atoms with E-state index in [1.807, 2.05) is 0 Å². The number of hydrogen-bond donors (Lipinski definition) is 5. The maximum Gasteiger partial charge on any atom is 0.473 e. The predicted octanol–water partition coefficient (Wildman–Crippen LogP) is 1.70. The molecule has 18 nitrogen and oxygen atoms in total. The first-order chi connectivity index (χ1) is 22.6. The number of phosphoric acid groups is 2. The van der Waals surface area contributed by atoms with Gasteiger partial charge in [-0.05, 0) is 6.42 Å². The van der Waals surface area contributed by atoms with Crippen molar-refractivity contribution in [2.75, 3.05) is 13.2 Å². The smallest absolute Gasteiger partial charge is 0.456 e. The molecule has 0 aromatic heterocycles. The third-order valence-corrected chi connectivity index (χ3v) is 9.16. The van der Waals surface area contributed by atoms with Crippen molar-refractivity contribution < 1.29 is 85.8 Å². The Hall–Kier alpha value is -2.11. The third kappa shape index (κ3) is 14.0. The monoisotopic (exact) mass is 732 g/mol. The molecule has 7 atom stereocenters. The molecule has 5 N–H and O–H groups in total. The minimum atomic E-state index is -5.60. The molecule has 2 saturated heterocycles. The average Bonchev–Trinajstić information content (AvgIpc) is 3.44. The van der Waals surface area contributed by atoms with Crippen LogP contribution in [0.4, 0.5) is 0 Å². The highest BCUT2D eigenvalue weighted by Gasteiger charge is 2.55. The van der Waals surface area contributed by atoms with Gasteiger partial charge in [0.25, 0.3) is 11.6 Å². The highest BCUT2D eigenvalue weighted by Crippen LogP contribution is 2.49. The first kappa shape index (κ1) is 42.1. The zero-order valence-electron chi connectivity index (χ0n) is 26.7. The summed E-state index contributed by atoms with van der Waals surface area (Å²) < 4.78 is 52.3. The van der Waals surface area contributed by atoms with Crippen LogP contribution >= 0.6 is 15.6 Å². The number of ether oxygens (including phenoxy) is 3. The molecular formula is C28H46O18P2. The summed E-state index contributed by atoms with van der Waals surface area (Å²) >= 11 is 0. The number of unbranched alkanes of at least 4 members (excludes halogenated alkanes) is 12. The molecule has 0 aromatic rings. The zero-order valence-corrected chi connectivity index (χ0v) is 28.5. The largest absolute Gasteiger partial charge is 0.473 e. The van der Waals surface area contributed by atoms with Crippen LogP contribution in [0.5, 0.6) is 0 Å². The van der Waals surface area contributed by atoms with Crippen molar-refractivity contribution in [1.29, 1.82) is 0 Å².